The van der Waals surface area contributed by atoms with Gasteiger partial charge in [0.2, 0.25) is 0 Å². The number of hydrogen-bond donors (Lipinski definition) is 1. The Morgan fingerprint density at radius 2 is 1.92 bits per heavy atom. The highest BCUT2D eigenvalue weighted by atomic mass is 16.3. The van der Waals surface area contributed by atoms with E-state index in [4.69, 9.17) is 4.42 Å². The standard InChI is InChI=1S/C20H16N2O2/c1-12(19-10-14-6-4-5-7-18(14)24-19)21-15-8-9-16-17(11-15)13(2)22(3)20(16)23/h4-11,21H,1-2H2,3H3. The van der Waals surface area contributed by atoms with Crippen molar-refractivity contribution in [3.63, 3.8) is 0 Å². The summed E-state index contributed by atoms with van der Waals surface area (Å²) in [7, 11) is 1.73. The number of amides is 1. The molecule has 2 heterocycles. The van der Waals surface area contributed by atoms with Crippen LogP contribution in [0.25, 0.3) is 22.4 Å². The first-order chi connectivity index (χ1) is 11.5. The van der Waals surface area contributed by atoms with Crippen molar-refractivity contribution in [1.29, 1.82) is 0 Å². The average molecular weight is 316 g/mol. The summed E-state index contributed by atoms with van der Waals surface area (Å²) in [6.45, 7) is 8.02. The van der Waals surface area contributed by atoms with Gasteiger partial charge in [0.05, 0.1) is 5.70 Å². The van der Waals surface area contributed by atoms with Crippen molar-refractivity contribution in [1.82, 2.24) is 4.90 Å². The predicted octanol–water partition coefficient (Wildman–Crippen LogP) is 4.57. The number of benzene rings is 2. The number of rotatable bonds is 3. The molecule has 0 aliphatic carbocycles. The van der Waals surface area contributed by atoms with Gasteiger partial charge >= 0.3 is 0 Å². The summed E-state index contributed by atoms with van der Waals surface area (Å²) in [4.78, 5) is 13.6. The average Bonchev–Trinajstić information content (AvgIpc) is 3.11. The van der Waals surface area contributed by atoms with E-state index in [0.717, 1.165) is 22.2 Å². The minimum Gasteiger partial charge on any atom is -0.455 e. The second-order valence-electron chi connectivity index (χ2n) is 5.82. The molecule has 0 radical (unpaired) electrons. The number of carbonyl (C=O) groups excluding carboxylic acids is 1. The van der Waals surface area contributed by atoms with Crippen LogP contribution in [0.1, 0.15) is 21.7 Å². The van der Waals surface area contributed by atoms with Gasteiger partial charge in [-0.25, -0.2) is 0 Å². The summed E-state index contributed by atoms with van der Waals surface area (Å²) in [6, 6.07) is 15.4. The second kappa shape index (κ2) is 5.13. The van der Waals surface area contributed by atoms with Gasteiger partial charge in [-0.1, -0.05) is 31.4 Å². The fourth-order valence-corrected chi connectivity index (χ4v) is 2.90. The molecule has 0 atom stereocenters. The molecule has 1 aromatic heterocycles. The highest BCUT2D eigenvalue weighted by molar-refractivity contribution is 6.09. The molecule has 4 heteroatoms. The smallest absolute Gasteiger partial charge is 0.258 e. The maximum absolute atomic E-state index is 12.1. The monoisotopic (exact) mass is 316 g/mol. The molecule has 1 aliphatic rings. The maximum Gasteiger partial charge on any atom is 0.258 e. The van der Waals surface area contributed by atoms with Gasteiger partial charge < -0.3 is 14.6 Å². The van der Waals surface area contributed by atoms with Crippen LogP contribution in [0.5, 0.6) is 0 Å². The number of nitrogens with one attached hydrogen (secondary N) is 1. The largest absolute Gasteiger partial charge is 0.455 e. The van der Waals surface area contributed by atoms with E-state index in [1.54, 1.807) is 18.0 Å². The molecular weight excluding hydrogens is 300 g/mol. The van der Waals surface area contributed by atoms with E-state index in [1.165, 1.54) is 0 Å². The van der Waals surface area contributed by atoms with Gasteiger partial charge in [0.1, 0.15) is 5.58 Å². The van der Waals surface area contributed by atoms with E-state index in [2.05, 4.69) is 18.5 Å². The van der Waals surface area contributed by atoms with Crippen LogP contribution in [0.4, 0.5) is 5.69 Å². The third kappa shape index (κ3) is 2.12. The molecule has 4 rings (SSSR count). The van der Waals surface area contributed by atoms with Crippen LogP contribution in [-0.4, -0.2) is 17.9 Å². The Balaban J connectivity index is 1.63. The normalized spacial score (nSPS) is 13.5. The van der Waals surface area contributed by atoms with Crippen LogP contribution in [0.2, 0.25) is 0 Å². The van der Waals surface area contributed by atoms with Crippen LogP contribution in [0.15, 0.2) is 66.1 Å². The van der Waals surface area contributed by atoms with Crippen molar-refractivity contribution in [3.8, 4) is 0 Å². The van der Waals surface area contributed by atoms with Crippen LogP contribution < -0.4 is 5.32 Å². The Bertz CT molecular complexity index is 980. The molecule has 1 aliphatic heterocycles. The van der Waals surface area contributed by atoms with Crippen molar-refractivity contribution in [3.05, 3.63) is 78.6 Å². The van der Waals surface area contributed by atoms with Crippen molar-refractivity contribution in [2.45, 2.75) is 0 Å². The molecule has 0 unspecified atom stereocenters. The summed E-state index contributed by atoms with van der Waals surface area (Å²) in [5.41, 5.74) is 4.53. The quantitative estimate of drug-likeness (QED) is 0.770. The van der Waals surface area contributed by atoms with E-state index >= 15 is 0 Å². The molecule has 24 heavy (non-hydrogen) atoms. The summed E-state index contributed by atoms with van der Waals surface area (Å²) < 4.78 is 5.81. The van der Waals surface area contributed by atoms with Crippen LogP contribution in [0, 0.1) is 0 Å². The lowest BCUT2D eigenvalue weighted by Gasteiger charge is -2.10. The van der Waals surface area contributed by atoms with Crippen molar-refractivity contribution >= 4 is 34.0 Å². The molecule has 1 amide bonds. The Hall–Kier alpha value is -3.27. The number of fused-ring (bicyclic) bond motifs is 2. The van der Waals surface area contributed by atoms with E-state index in [0.29, 0.717) is 22.7 Å². The lowest BCUT2D eigenvalue weighted by Crippen LogP contribution is -2.16. The summed E-state index contributed by atoms with van der Waals surface area (Å²) >= 11 is 0. The second-order valence-corrected chi connectivity index (χ2v) is 5.82. The number of nitrogens with zero attached hydrogens (tertiary/aromatic N) is 1. The summed E-state index contributed by atoms with van der Waals surface area (Å²) in [6.07, 6.45) is 0. The van der Waals surface area contributed by atoms with Gasteiger partial charge in [-0.05, 0) is 30.3 Å². The van der Waals surface area contributed by atoms with Crippen LogP contribution in [-0.2, 0) is 0 Å². The Labute approximate surface area is 139 Å². The van der Waals surface area contributed by atoms with Crippen LogP contribution in [0.3, 0.4) is 0 Å². The minimum atomic E-state index is -0.0299. The lowest BCUT2D eigenvalue weighted by atomic mass is 10.1. The third-order valence-corrected chi connectivity index (χ3v) is 4.29. The molecule has 4 nitrogen and oxygen atoms in total. The zero-order valence-corrected chi connectivity index (χ0v) is 13.3. The van der Waals surface area contributed by atoms with Gasteiger partial charge in [0.15, 0.2) is 5.76 Å². The topological polar surface area (TPSA) is 45.5 Å². The van der Waals surface area contributed by atoms with E-state index < -0.39 is 0 Å². The minimum absolute atomic E-state index is 0.0299. The predicted molar refractivity (Wildman–Crippen MR) is 96.4 cm³/mol. The summed E-state index contributed by atoms with van der Waals surface area (Å²) in [5, 5.41) is 4.27. The molecule has 0 saturated heterocycles. The molecular formula is C20H16N2O2. The Morgan fingerprint density at radius 3 is 2.71 bits per heavy atom. The molecule has 118 valence electrons. The van der Waals surface area contributed by atoms with E-state index in [9.17, 15) is 4.79 Å². The fraction of sp³-hybridized carbons (Fsp3) is 0.0500. The number of anilines is 1. The van der Waals surface area contributed by atoms with Gasteiger partial charge in [0.25, 0.3) is 5.91 Å². The Kier molecular flexibility index (Phi) is 3.06. The maximum atomic E-state index is 12.1. The van der Waals surface area contributed by atoms with Gasteiger partial charge in [-0.2, -0.15) is 0 Å². The zero-order valence-electron chi connectivity index (χ0n) is 13.3. The summed E-state index contributed by atoms with van der Waals surface area (Å²) in [5.74, 6) is 0.654. The lowest BCUT2D eigenvalue weighted by molar-refractivity contribution is 0.0875. The first-order valence-electron chi connectivity index (χ1n) is 7.61. The van der Waals surface area contributed by atoms with Crippen molar-refractivity contribution in [2.24, 2.45) is 0 Å². The van der Waals surface area contributed by atoms with Crippen LogP contribution >= 0.6 is 0 Å². The number of hydrogen-bond acceptors (Lipinski definition) is 3. The highest BCUT2D eigenvalue weighted by Crippen LogP contribution is 2.33. The molecule has 0 spiro atoms. The first kappa shape index (κ1) is 14.3. The van der Waals surface area contributed by atoms with Crippen molar-refractivity contribution < 1.29 is 9.21 Å². The molecule has 0 saturated carbocycles. The first-order valence-corrected chi connectivity index (χ1v) is 7.61. The Morgan fingerprint density at radius 1 is 1.12 bits per heavy atom. The molecule has 3 aromatic rings. The van der Waals surface area contributed by atoms with E-state index in [1.807, 2.05) is 42.5 Å². The zero-order chi connectivity index (χ0) is 16.8. The van der Waals surface area contributed by atoms with Gasteiger partial charge in [0, 0.05) is 34.9 Å². The molecule has 0 fully saturated rings. The SMILES string of the molecule is C=C(Nc1ccc2c(c1)C(=C)N(C)C2=O)c1cc2ccccc2o1. The molecule has 1 N–H and O–H groups in total. The van der Waals surface area contributed by atoms with Gasteiger partial charge in [-0.15, -0.1) is 0 Å². The highest BCUT2D eigenvalue weighted by Gasteiger charge is 2.28. The number of carbonyl (C=O) groups is 1. The third-order valence-electron chi connectivity index (χ3n) is 4.29. The molecule has 0 bridgehead atoms. The van der Waals surface area contributed by atoms with E-state index in [-0.39, 0.29) is 5.91 Å². The molecule has 2 aromatic carbocycles. The van der Waals surface area contributed by atoms with Crippen molar-refractivity contribution in [2.75, 3.05) is 12.4 Å². The van der Waals surface area contributed by atoms with Gasteiger partial charge in [-0.3, -0.25) is 4.79 Å². The fourth-order valence-electron chi connectivity index (χ4n) is 2.90. The number of para-hydroxylation sites is 1. The number of furan rings is 1.